The number of nitrogens with one attached hydrogen (secondary N) is 1. The van der Waals surface area contributed by atoms with Gasteiger partial charge in [-0.05, 0) is 50.1 Å². The highest BCUT2D eigenvalue weighted by molar-refractivity contribution is 5.37. The minimum Gasteiger partial charge on any atom is -0.494 e. The monoisotopic (exact) mass is 272 g/mol. The number of aryl methyl sites for hydroxylation is 2. The van der Waals surface area contributed by atoms with Crippen molar-refractivity contribution in [3.05, 3.63) is 52.8 Å². The van der Waals surface area contributed by atoms with Gasteiger partial charge in [-0.3, -0.25) is 5.84 Å². The fourth-order valence-corrected chi connectivity index (χ4v) is 2.15. The van der Waals surface area contributed by atoms with Gasteiger partial charge in [0.2, 0.25) is 0 Å². The van der Waals surface area contributed by atoms with Crippen LogP contribution in [0.5, 0.6) is 5.75 Å². The van der Waals surface area contributed by atoms with Gasteiger partial charge < -0.3 is 4.74 Å². The van der Waals surface area contributed by atoms with Gasteiger partial charge in [0.15, 0.2) is 0 Å². The number of nitrogens with zero attached hydrogens (tertiary/aromatic N) is 2. The summed E-state index contributed by atoms with van der Waals surface area (Å²) in [6.07, 6.45) is 0. The van der Waals surface area contributed by atoms with E-state index in [2.05, 4.69) is 15.6 Å². The maximum absolute atomic E-state index is 5.72. The van der Waals surface area contributed by atoms with Crippen LogP contribution in [0.15, 0.2) is 30.3 Å². The molecule has 1 unspecified atom stereocenters. The molecule has 1 heterocycles. The number of hydrogen-bond donors (Lipinski definition) is 2. The molecule has 2 rings (SSSR count). The standard InChI is InChI=1S/C15H20N4O/c1-4-20-13-7-5-12(6-8-13)15(17-16)14-9-10(2)18-19-11(14)3/h5-9,15,17H,4,16H2,1-3H3. The predicted molar refractivity (Wildman–Crippen MR) is 78.3 cm³/mol. The number of hydrogen-bond acceptors (Lipinski definition) is 5. The highest BCUT2D eigenvalue weighted by atomic mass is 16.5. The number of aromatic nitrogens is 2. The van der Waals surface area contributed by atoms with Crippen molar-refractivity contribution in [3.63, 3.8) is 0 Å². The van der Waals surface area contributed by atoms with E-state index in [4.69, 9.17) is 10.6 Å². The molecule has 5 heteroatoms. The van der Waals surface area contributed by atoms with Crippen LogP contribution in [0.25, 0.3) is 0 Å². The molecule has 0 saturated heterocycles. The maximum Gasteiger partial charge on any atom is 0.119 e. The summed E-state index contributed by atoms with van der Waals surface area (Å²) in [6, 6.07) is 9.79. The number of rotatable bonds is 5. The normalized spacial score (nSPS) is 12.2. The van der Waals surface area contributed by atoms with Gasteiger partial charge in [-0.2, -0.15) is 10.2 Å². The predicted octanol–water partition coefficient (Wildman–Crippen LogP) is 2.04. The molecule has 3 N–H and O–H groups in total. The first-order chi connectivity index (χ1) is 9.65. The minimum absolute atomic E-state index is 0.111. The molecule has 1 aromatic heterocycles. The van der Waals surface area contributed by atoms with Crippen molar-refractivity contribution in [1.82, 2.24) is 15.6 Å². The second kappa shape index (κ2) is 6.45. The van der Waals surface area contributed by atoms with Crippen LogP contribution in [0.2, 0.25) is 0 Å². The van der Waals surface area contributed by atoms with Crippen LogP contribution < -0.4 is 16.0 Å². The molecule has 106 valence electrons. The van der Waals surface area contributed by atoms with Crippen molar-refractivity contribution >= 4 is 0 Å². The quantitative estimate of drug-likeness (QED) is 0.643. The van der Waals surface area contributed by atoms with E-state index >= 15 is 0 Å². The van der Waals surface area contributed by atoms with E-state index in [1.807, 2.05) is 51.1 Å². The van der Waals surface area contributed by atoms with Gasteiger partial charge in [0.25, 0.3) is 0 Å². The average Bonchev–Trinajstić information content (AvgIpc) is 2.45. The molecule has 0 bridgehead atoms. The molecule has 1 aromatic carbocycles. The van der Waals surface area contributed by atoms with E-state index in [1.54, 1.807) is 0 Å². The number of nitrogens with two attached hydrogens (primary N) is 1. The molecule has 0 aliphatic heterocycles. The fraction of sp³-hybridized carbons (Fsp3) is 0.333. The summed E-state index contributed by atoms with van der Waals surface area (Å²) in [5.74, 6) is 6.58. The Labute approximate surface area is 119 Å². The van der Waals surface area contributed by atoms with Crippen molar-refractivity contribution in [2.75, 3.05) is 6.61 Å². The lowest BCUT2D eigenvalue weighted by molar-refractivity contribution is 0.340. The van der Waals surface area contributed by atoms with Crippen molar-refractivity contribution in [2.45, 2.75) is 26.8 Å². The molecular formula is C15H20N4O. The first-order valence-electron chi connectivity index (χ1n) is 6.65. The summed E-state index contributed by atoms with van der Waals surface area (Å²) in [6.45, 7) is 6.47. The van der Waals surface area contributed by atoms with Crippen LogP contribution in [0, 0.1) is 13.8 Å². The Kier molecular flexibility index (Phi) is 4.65. The summed E-state index contributed by atoms with van der Waals surface area (Å²) in [7, 11) is 0. The zero-order chi connectivity index (χ0) is 14.5. The Bertz CT molecular complexity index is 569. The topological polar surface area (TPSA) is 73.1 Å². The van der Waals surface area contributed by atoms with Crippen LogP contribution in [0.1, 0.15) is 35.5 Å². The smallest absolute Gasteiger partial charge is 0.119 e. The zero-order valence-electron chi connectivity index (χ0n) is 12.1. The van der Waals surface area contributed by atoms with E-state index in [-0.39, 0.29) is 6.04 Å². The van der Waals surface area contributed by atoms with Gasteiger partial charge >= 0.3 is 0 Å². The first-order valence-corrected chi connectivity index (χ1v) is 6.65. The summed E-state index contributed by atoms with van der Waals surface area (Å²) in [4.78, 5) is 0. The van der Waals surface area contributed by atoms with Crippen molar-refractivity contribution in [3.8, 4) is 5.75 Å². The molecule has 0 fully saturated rings. The van der Waals surface area contributed by atoms with E-state index in [0.29, 0.717) is 6.61 Å². The molecular weight excluding hydrogens is 252 g/mol. The van der Waals surface area contributed by atoms with Crippen LogP contribution >= 0.6 is 0 Å². The van der Waals surface area contributed by atoms with Crippen molar-refractivity contribution in [1.29, 1.82) is 0 Å². The Morgan fingerprint density at radius 3 is 2.50 bits per heavy atom. The lowest BCUT2D eigenvalue weighted by Crippen LogP contribution is -2.29. The van der Waals surface area contributed by atoms with E-state index < -0.39 is 0 Å². The van der Waals surface area contributed by atoms with Gasteiger partial charge in [0.1, 0.15) is 5.75 Å². The third-order valence-electron chi connectivity index (χ3n) is 3.14. The van der Waals surface area contributed by atoms with Crippen LogP contribution in [-0.2, 0) is 0 Å². The Morgan fingerprint density at radius 1 is 1.20 bits per heavy atom. The Morgan fingerprint density at radius 2 is 1.90 bits per heavy atom. The number of benzene rings is 1. The SMILES string of the molecule is CCOc1ccc(C(NN)c2cc(C)nnc2C)cc1. The molecule has 5 nitrogen and oxygen atoms in total. The van der Waals surface area contributed by atoms with Crippen LogP contribution in [0.3, 0.4) is 0 Å². The number of ether oxygens (including phenoxy) is 1. The molecule has 0 aliphatic rings. The lowest BCUT2D eigenvalue weighted by Gasteiger charge is -2.19. The van der Waals surface area contributed by atoms with Gasteiger partial charge in [-0.1, -0.05) is 12.1 Å². The summed E-state index contributed by atoms with van der Waals surface area (Å²) in [5, 5.41) is 8.20. The summed E-state index contributed by atoms with van der Waals surface area (Å²) < 4.78 is 5.45. The molecule has 0 amide bonds. The molecule has 0 spiro atoms. The molecule has 1 atom stereocenters. The highest BCUT2D eigenvalue weighted by Crippen LogP contribution is 2.25. The number of hydrazine groups is 1. The van der Waals surface area contributed by atoms with Gasteiger partial charge in [-0.25, -0.2) is 5.43 Å². The largest absolute Gasteiger partial charge is 0.494 e. The van der Waals surface area contributed by atoms with Gasteiger partial charge in [-0.15, -0.1) is 0 Å². The maximum atomic E-state index is 5.72. The van der Waals surface area contributed by atoms with Gasteiger partial charge in [0.05, 0.1) is 24.0 Å². The van der Waals surface area contributed by atoms with E-state index in [9.17, 15) is 0 Å². The second-order valence-electron chi connectivity index (χ2n) is 4.63. The fourth-order valence-electron chi connectivity index (χ4n) is 2.15. The lowest BCUT2D eigenvalue weighted by atomic mass is 9.98. The van der Waals surface area contributed by atoms with Crippen molar-refractivity contribution in [2.24, 2.45) is 5.84 Å². The van der Waals surface area contributed by atoms with Crippen molar-refractivity contribution < 1.29 is 4.74 Å². The van der Waals surface area contributed by atoms with E-state index in [0.717, 1.165) is 28.3 Å². The molecule has 0 aliphatic carbocycles. The molecule has 20 heavy (non-hydrogen) atoms. The summed E-state index contributed by atoms with van der Waals surface area (Å²) >= 11 is 0. The molecule has 0 radical (unpaired) electrons. The van der Waals surface area contributed by atoms with E-state index in [1.165, 1.54) is 0 Å². The zero-order valence-corrected chi connectivity index (χ0v) is 12.1. The Hall–Kier alpha value is -1.98. The van der Waals surface area contributed by atoms with Crippen LogP contribution in [-0.4, -0.2) is 16.8 Å². The average molecular weight is 272 g/mol. The first kappa shape index (κ1) is 14.4. The third-order valence-corrected chi connectivity index (χ3v) is 3.14. The van der Waals surface area contributed by atoms with Gasteiger partial charge in [0, 0.05) is 0 Å². The van der Waals surface area contributed by atoms with Crippen LogP contribution in [0.4, 0.5) is 0 Å². The summed E-state index contributed by atoms with van der Waals surface area (Å²) in [5.41, 5.74) is 6.68. The second-order valence-corrected chi connectivity index (χ2v) is 4.63. The molecule has 0 saturated carbocycles. The minimum atomic E-state index is -0.111. The third kappa shape index (κ3) is 3.12. The highest BCUT2D eigenvalue weighted by Gasteiger charge is 2.16. The molecule has 2 aromatic rings. The Balaban J connectivity index is 2.34.